The van der Waals surface area contributed by atoms with Crippen LogP contribution < -0.4 is 5.32 Å². The van der Waals surface area contributed by atoms with E-state index in [4.69, 9.17) is 9.40 Å². The van der Waals surface area contributed by atoms with E-state index in [-0.39, 0.29) is 11.8 Å². The Hall–Kier alpha value is -3.32. The van der Waals surface area contributed by atoms with E-state index in [1.54, 1.807) is 12.4 Å². The number of aryl methyl sites for hydroxylation is 1. The number of hydrogen-bond acceptors (Lipinski definition) is 6. The lowest BCUT2D eigenvalue weighted by Gasteiger charge is -2.29. The molecule has 0 unspecified atom stereocenters. The maximum atomic E-state index is 12.2. The van der Waals surface area contributed by atoms with E-state index in [0.717, 1.165) is 59.1 Å². The Morgan fingerprint density at radius 1 is 1.12 bits per heavy atom. The van der Waals surface area contributed by atoms with Crippen LogP contribution in [0.25, 0.3) is 33.3 Å². The molecule has 4 heterocycles. The van der Waals surface area contributed by atoms with E-state index in [1.165, 1.54) is 18.4 Å². The van der Waals surface area contributed by atoms with Crippen LogP contribution in [0, 0.1) is 12.8 Å². The summed E-state index contributed by atoms with van der Waals surface area (Å²) < 4.78 is 6.17. The monoisotopic (exact) mass is 441 g/mol. The number of nitrogens with one attached hydrogen (secondary N) is 1. The third-order valence-electron chi connectivity index (χ3n) is 6.91. The minimum Gasteiger partial charge on any atom is -0.436 e. The molecule has 0 radical (unpaired) electrons. The number of carbonyl (C=O) groups excluding carboxylic acids is 1. The van der Waals surface area contributed by atoms with Crippen LogP contribution in [0.4, 0.5) is 5.82 Å². The molecule has 33 heavy (non-hydrogen) atoms. The van der Waals surface area contributed by atoms with Crippen molar-refractivity contribution in [2.75, 3.05) is 25.5 Å². The molecule has 1 aliphatic carbocycles. The van der Waals surface area contributed by atoms with Crippen LogP contribution in [0.1, 0.15) is 42.9 Å². The normalized spacial score (nSPS) is 19.3. The summed E-state index contributed by atoms with van der Waals surface area (Å²) in [7, 11) is 2.19. The molecule has 1 atom stereocenters. The van der Waals surface area contributed by atoms with Crippen molar-refractivity contribution in [1.29, 1.82) is 0 Å². The fraction of sp³-hybridized carbons (Fsp3) is 0.385. The molecule has 2 aliphatic rings. The zero-order valence-electron chi connectivity index (χ0n) is 19.0. The second-order valence-electron chi connectivity index (χ2n) is 9.48. The first-order valence-corrected chi connectivity index (χ1v) is 11.7. The Kier molecular flexibility index (Phi) is 4.87. The molecule has 1 saturated heterocycles. The summed E-state index contributed by atoms with van der Waals surface area (Å²) in [6, 6.07) is 8.26. The Morgan fingerprint density at radius 3 is 2.82 bits per heavy atom. The van der Waals surface area contributed by atoms with Gasteiger partial charge in [0.15, 0.2) is 5.58 Å². The molecule has 7 heteroatoms. The van der Waals surface area contributed by atoms with Crippen molar-refractivity contribution in [2.24, 2.45) is 5.92 Å². The van der Waals surface area contributed by atoms with E-state index in [0.29, 0.717) is 17.6 Å². The molecule has 6 rings (SSSR count). The Bertz CT molecular complexity index is 1370. The van der Waals surface area contributed by atoms with Gasteiger partial charge in [-0.1, -0.05) is 6.07 Å². The lowest BCUT2D eigenvalue weighted by atomic mass is 9.91. The number of anilines is 1. The SMILES string of the molecule is Cc1ncc(-c2nc3cc([C@@H]4CCCN(C)C4)ccc3o2)c2cc(NC(=O)C3CC3)ncc12. The maximum Gasteiger partial charge on any atom is 0.229 e. The number of carbonyl (C=O) groups is 1. The van der Waals surface area contributed by atoms with Crippen molar-refractivity contribution in [2.45, 2.75) is 38.5 Å². The van der Waals surface area contributed by atoms with Crippen LogP contribution in [0.5, 0.6) is 0 Å². The third-order valence-corrected chi connectivity index (χ3v) is 6.91. The highest BCUT2D eigenvalue weighted by Gasteiger charge is 2.30. The van der Waals surface area contributed by atoms with Crippen LogP contribution in [0.2, 0.25) is 0 Å². The summed E-state index contributed by atoms with van der Waals surface area (Å²) in [6.07, 6.45) is 7.90. The summed E-state index contributed by atoms with van der Waals surface area (Å²) >= 11 is 0. The van der Waals surface area contributed by atoms with Gasteiger partial charge in [-0.15, -0.1) is 0 Å². The molecule has 1 saturated carbocycles. The zero-order valence-corrected chi connectivity index (χ0v) is 19.0. The molecule has 1 N–H and O–H groups in total. The number of likely N-dealkylation sites (N-methyl/N-ethyl adjacent to an activating group) is 1. The fourth-order valence-electron chi connectivity index (χ4n) is 4.83. The van der Waals surface area contributed by atoms with E-state index in [2.05, 4.69) is 39.4 Å². The molecular formula is C26H27N5O2. The van der Waals surface area contributed by atoms with Gasteiger partial charge in [0.25, 0.3) is 0 Å². The van der Waals surface area contributed by atoms with Crippen molar-refractivity contribution in [3.8, 4) is 11.5 Å². The van der Waals surface area contributed by atoms with E-state index in [1.807, 2.05) is 19.1 Å². The van der Waals surface area contributed by atoms with Crippen molar-refractivity contribution in [3.63, 3.8) is 0 Å². The standard InChI is InChI=1S/C26H27N5O2/c1-15-20-12-28-24(30-25(32)16-5-6-16)11-19(20)21(13-27-15)26-29-22-10-17(7-8-23(22)33-26)18-4-3-9-31(2)14-18/h7-8,10-13,16,18H,3-6,9,14H2,1-2H3,(H,28,30,32)/t18-/m1/s1. The van der Waals surface area contributed by atoms with Gasteiger partial charge in [0.05, 0.1) is 5.56 Å². The van der Waals surface area contributed by atoms with E-state index >= 15 is 0 Å². The van der Waals surface area contributed by atoms with Crippen molar-refractivity contribution >= 4 is 33.6 Å². The molecular weight excluding hydrogens is 414 g/mol. The van der Waals surface area contributed by atoms with Crippen molar-refractivity contribution < 1.29 is 9.21 Å². The Balaban J connectivity index is 1.39. The number of rotatable bonds is 4. The summed E-state index contributed by atoms with van der Waals surface area (Å²) in [5, 5.41) is 4.78. The van der Waals surface area contributed by atoms with Gasteiger partial charge in [-0.25, -0.2) is 9.97 Å². The number of amides is 1. The van der Waals surface area contributed by atoms with Crippen molar-refractivity contribution in [1.82, 2.24) is 19.9 Å². The summed E-state index contributed by atoms with van der Waals surface area (Å²) in [6.45, 7) is 4.19. The predicted molar refractivity (Wildman–Crippen MR) is 128 cm³/mol. The highest BCUT2D eigenvalue weighted by atomic mass is 16.3. The van der Waals surface area contributed by atoms with Crippen LogP contribution in [-0.4, -0.2) is 45.9 Å². The van der Waals surface area contributed by atoms with Gasteiger partial charge >= 0.3 is 0 Å². The molecule has 3 aromatic heterocycles. The van der Waals surface area contributed by atoms with Crippen LogP contribution in [0.3, 0.4) is 0 Å². The van der Waals surface area contributed by atoms with Crippen LogP contribution in [0.15, 0.2) is 41.1 Å². The number of hydrogen-bond donors (Lipinski definition) is 1. The predicted octanol–water partition coefficient (Wildman–Crippen LogP) is 4.90. The third kappa shape index (κ3) is 3.86. The average Bonchev–Trinajstić information content (AvgIpc) is 3.58. The van der Waals surface area contributed by atoms with Gasteiger partial charge in [-0.3, -0.25) is 9.78 Å². The summed E-state index contributed by atoms with van der Waals surface area (Å²) in [4.78, 5) is 28.5. The fourth-order valence-corrected chi connectivity index (χ4v) is 4.83. The topological polar surface area (TPSA) is 84.2 Å². The Labute approximate surface area is 192 Å². The number of likely N-dealkylation sites (tertiary alicyclic amines) is 1. The van der Waals surface area contributed by atoms with E-state index < -0.39 is 0 Å². The number of pyridine rings is 2. The molecule has 1 aliphatic heterocycles. The highest BCUT2D eigenvalue weighted by Crippen LogP contribution is 2.35. The number of oxazole rings is 1. The average molecular weight is 442 g/mol. The van der Waals surface area contributed by atoms with Gasteiger partial charge in [-0.2, -0.15) is 0 Å². The summed E-state index contributed by atoms with van der Waals surface area (Å²) in [5.41, 5.74) is 4.62. The molecule has 168 valence electrons. The lowest BCUT2D eigenvalue weighted by Crippen LogP contribution is -2.30. The van der Waals surface area contributed by atoms with Gasteiger partial charge in [0.1, 0.15) is 11.3 Å². The molecule has 4 aromatic rings. The number of piperidine rings is 1. The minimum atomic E-state index is 0.0388. The molecule has 7 nitrogen and oxygen atoms in total. The van der Waals surface area contributed by atoms with Gasteiger partial charge in [0.2, 0.25) is 11.8 Å². The number of benzene rings is 1. The van der Waals surface area contributed by atoms with Crippen LogP contribution >= 0.6 is 0 Å². The smallest absolute Gasteiger partial charge is 0.229 e. The second kappa shape index (κ2) is 7.92. The largest absolute Gasteiger partial charge is 0.436 e. The van der Waals surface area contributed by atoms with Crippen molar-refractivity contribution in [3.05, 3.63) is 47.9 Å². The Morgan fingerprint density at radius 2 is 2.00 bits per heavy atom. The lowest BCUT2D eigenvalue weighted by molar-refractivity contribution is -0.117. The number of fused-ring (bicyclic) bond motifs is 2. The van der Waals surface area contributed by atoms with E-state index in [9.17, 15) is 4.79 Å². The van der Waals surface area contributed by atoms with Gasteiger partial charge < -0.3 is 14.6 Å². The second-order valence-corrected chi connectivity index (χ2v) is 9.48. The molecule has 1 aromatic carbocycles. The first kappa shape index (κ1) is 20.3. The van der Waals surface area contributed by atoms with Crippen LogP contribution in [-0.2, 0) is 4.79 Å². The number of aromatic nitrogens is 3. The molecule has 0 spiro atoms. The van der Waals surface area contributed by atoms with Gasteiger partial charge in [0, 0.05) is 41.3 Å². The minimum absolute atomic E-state index is 0.0388. The molecule has 0 bridgehead atoms. The summed E-state index contributed by atoms with van der Waals surface area (Å²) in [5.74, 6) is 1.77. The maximum absolute atomic E-state index is 12.2. The first-order valence-electron chi connectivity index (χ1n) is 11.7. The van der Waals surface area contributed by atoms with Gasteiger partial charge in [-0.05, 0) is 75.9 Å². The molecule has 2 fully saturated rings. The highest BCUT2D eigenvalue weighted by molar-refractivity contribution is 6.00. The zero-order chi connectivity index (χ0) is 22.5. The number of nitrogens with zero attached hydrogens (tertiary/aromatic N) is 4. The molecule has 1 amide bonds. The quantitative estimate of drug-likeness (QED) is 0.485. The first-order chi connectivity index (χ1) is 16.0.